The fraction of sp³-hybridized carbons (Fsp3) is 0.116. The zero-order valence-corrected chi connectivity index (χ0v) is 28.3. The molecule has 6 aromatic rings. The number of ketones is 1. The Bertz CT molecular complexity index is 2330. The van der Waals surface area contributed by atoms with Crippen LogP contribution in [0.4, 0.5) is 0 Å². The van der Waals surface area contributed by atoms with Gasteiger partial charge in [0, 0.05) is 48.7 Å². The molecule has 0 bridgehead atoms. The normalized spacial score (nSPS) is 18.7. The molecular weight excluding hydrogens is 645 g/mol. The van der Waals surface area contributed by atoms with Crippen LogP contribution in [0.2, 0.25) is 0 Å². The molecule has 2 aliphatic rings. The molecule has 6 nitrogen and oxygen atoms in total. The van der Waals surface area contributed by atoms with E-state index in [1.165, 1.54) is 6.26 Å². The SMILES string of the molecule is C=C(C)COC1(c2ccco2)c2ccccc2Sc2cc(-c3ccc4c(c3)C(=O)c3ccccc3C4(OC(=O)C(=C)C)c3ccco3)ccc21. The van der Waals surface area contributed by atoms with Gasteiger partial charge in [0.15, 0.2) is 17.1 Å². The Morgan fingerprint density at radius 2 is 1.28 bits per heavy atom. The van der Waals surface area contributed by atoms with E-state index in [0.717, 1.165) is 37.6 Å². The van der Waals surface area contributed by atoms with Gasteiger partial charge in [0.05, 0.1) is 19.1 Å². The molecule has 2 unspecified atom stereocenters. The fourth-order valence-electron chi connectivity index (χ4n) is 7.02. The van der Waals surface area contributed by atoms with Gasteiger partial charge in [-0.05, 0) is 67.4 Å². The van der Waals surface area contributed by atoms with Crippen LogP contribution in [0.3, 0.4) is 0 Å². The highest BCUT2D eigenvalue weighted by molar-refractivity contribution is 7.99. The molecule has 0 amide bonds. The monoisotopic (exact) mass is 676 g/mol. The van der Waals surface area contributed by atoms with Gasteiger partial charge in [-0.25, -0.2) is 4.79 Å². The lowest BCUT2D eigenvalue weighted by molar-refractivity contribution is -0.149. The highest BCUT2D eigenvalue weighted by atomic mass is 32.2. The Morgan fingerprint density at radius 3 is 1.96 bits per heavy atom. The third-order valence-electron chi connectivity index (χ3n) is 9.24. The minimum atomic E-state index is -1.50. The maximum atomic E-state index is 14.3. The van der Waals surface area contributed by atoms with Gasteiger partial charge in [-0.1, -0.05) is 97.2 Å². The smallest absolute Gasteiger partial charge is 0.334 e. The third kappa shape index (κ3) is 4.76. The molecular formula is C43H32O6S. The summed E-state index contributed by atoms with van der Waals surface area (Å²) in [5.41, 5.74) is 4.19. The van der Waals surface area contributed by atoms with Crippen molar-refractivity contribution in [2.75, 3.05) is 6.61 Å². The van der Waals surface area contributed by atoms with E-state index in [0.29, 0.717) is 40.4 Å². The molecule has 4 aromatic carbocycles. The second-order valence-electron chi connectivity index (χ2n) is 12.7. The van der Waals surface area contributed by atoms with Crippen LogP contribution in [-0.2, 0) is 25.5 Å². The maximum Gasteiger partial charge on any atom is 0.334 e. The lowest BCUT2D eigenvalue weighted by Crippen LogP contribution is -2.41. The molecule has 1 aliphatic heterocycles. The van der Waals surface area contributed by atoms with Crippen molar-refractivity contribution in [3.63, 3.8) is 0 Å². The molecule has 0 saturated heterocycles. The van der Waals surface area contributed by atoms with Crippen LogP contribution >= 0.6 is 11.8 Å². The second-order valence-corrected chi connectivity index (χ2v) is 13.8. The molecule has 2 atom stereocenters. The number of rotatable bonds is 8. The standard InChI is InChI=1S/C43H32O6S/c1-26(2)25-48-42(38-15-9-21-46-38)34-13-7-8-14-36(34)50-37-24-29(18-20-35(37)42)28-17-19-33-31(23-28)40(44)30-11-5-6-12-32(30)43(33,39-16-10-22-47-39)49-41(45)27(3)4/h5-24H,1,3,25H2,2,4H3. The number of carbonyl (C=O) groups excluding carboxylic acids is 2. The topological polar surface area (TPSA) is 78.9 Å². The van der Waals surface area contributed by atoms with Gasteiger partial charge in [-0.2, -0.15) is 0 Å². The van der Waals surface area contributed by atoms with Crippen LogP contribution < -0.4 is 0 Å². The van der Waals surface area contributed by atoms with E-state index in [9.17, 15) is 9.59 Å². The summed E-state index contributed by atoms with van der Waals surface area (Å²) in [6.07, 6.45) is 3.20. The van der Waals surface area contributed by atoms with E-state index in [4.69, 9.17) is 18.3 Å². The molecule has 8 rings (SSSR count). The van der Waals surface area contributed by atoms with E-state index in [2.05, 4.69) is 37.4 Å². The van der Waals surface area contributed by atoms with Gasteiger partial charge in [-0.3, -0.25) is 4.79 Å². The quantitative estimate of drug-likeness (QED) is 0.0902. The first-order chi connectivity index (χ1) is 24.2. The Hall–Kier alpha value is -5.63. The predicted molar refractivity (Wildman–Crippen MR) is 191 cm³/mol. The zero-order chi connectivity index (χ0) is 34.6. The number of esters is 1. The first kappa shape index (κ1) is 31.6. The van der Waals surface area contributed by atoms with Gasteiger partial charge >= 0.3 is 5.97 Å². The molecule has 2 aromatic heterocycles. The summed E-state index contributed by atoms with van der Waals surface area (Å²) in [6.45, 7) is 11.8. The first-order valence-electron chi connectivity index (χ1n) is 16.2. The van der Waals surface area contributed by atoms with Crippen molar-refractivity contribution >= 4 is 23.5 Å². The van der Waals surface area contributed by atoms with Crippen LogP contribution in [0, 0.1) is 0 Å². The molecule has 7 heteroatoms. The third-order valence-corrected chi connectivity index (χ3v) is 10.4. The number of furan rings is 2. The molecule has 0 radical (unpaired) electrons. The van der Waals surface area contributed by atoms with Crippen molar-refractivity contribution in [1.82, 2.24) is 0 Å². The highest BCUT2D eigenvalue weighted by Crippen LogP contribution is 2.54. The molecule has 0 spiro atoms. The zero-order valence-electron chi connectivity index (χ0n) is 27.5. The lowest BCUT2D eigenvalue weighted by atomic mass is 9.72. The summed E-state index contributed by atoms with van der Waals surface area (Å²) >= 11 is 1.66. The van der Waals surface area contributed by atoms with Gasteiger partial charge in [-0.15, -0.1) is 0 Å². The van der Waals surface area contributed by atoms with Crippen molar-refractivity contribution in [3.05, 3.63) is 191 Å². The van der Waals surface area contributed by atoms with Crippen LogP contribution in [0.5, 0.6) is 0 Å². The molecule has 1 aliphatic carbocycles. The summed E-state index contributed by atoms with van der Waals surface area (Å²) in [7, 11) is 0. The lowest BCUT2D eigenvalue weighted by Gasteiger charge is -2.39. The fourth-order valence-corrected chi connectivity index (χ4v) is 8.23. The minimum Gasteiger partial charge on any atom is -0.466 e. The van der Waals surface area contributed by atoms with Crippen molar-refractivity contribution in [1.29, 1.82) is 0 Å². The molecule has 0 fully saturated rings. The average Bonchev–Trinajstić information content (AvgIpc) is 3.88. The summed E-state index contributed by atoms with van der Waals surface area (Å²) in [6, 6.07) is 34.6. The van der Waals surface area contributed by atoms with E-state index in [1.807, 2.05) is 61.5 Å². The number of hydrogen-bond donors (Lipinski definition) is 0. The number of carbonyl (C=O) groups is 2. The molecule has 0 saturated carbocycles. The summed E-state index contributed by atoms with van der Waals surface area (Å²) in [4.78, 5) is 29.6. The van der Waals surface area contributed by atoms with Crippen molar-refractivity contribution < 1.29 is 27.9 Å². The number of hydrogen-bond acceptors (Lipinski definition) is 7. The van der Waals surface area contributed by atoms with Gasteiger partial charge in [0.1, 0.15) is 5.76 Å². The van der Waals surface area contributed by atoms with E-state index in [1.54, 1.807) is 55.3 Å². The molecule has 50 heavy (non-hydrogen) atoms. The van der Waals surface area contributed by atoms with Gasteiger partial charge in [0.2, 0.25) is 5.60 Å². The molecule has 0 N–H and O–H groups in total. The van der Waals surface area contributed by atoms with Crippen molar-refractivity contribution in [3.8, 4) is 11.1 Å². The Morgan fingerprint density at radius 1 is 0.680 bits per heavy atom. The van der Waals surface area contributed by atoms with E-state index >= 15 is 0 Å². The Balaban J connectivity index is 1.31. The molecule has 3 heterocycles. The average molecular weight is 677 g/mol. The number of ether oxygens (including phenoxy) is 2. The first-order valence-corrected chi connectivity index (χ1v) is 17.0. The summed E-state index contributed by atoms with van der Waals surface area (Å²) in [5, 5.41) is 0. The molecule has 246 valence electrons. The Kier molecular flexibility index (Phi) is 7.62. The largest absolute Gasteiger partial charge is 0.466 e. The predicted octanol–water partition coefficient (Wildman–Crippen LogP) is 9.84. The van der Waals surface area contributed by atoms with E-state index in [-0.39, 0.29) is 11.4 Å². The summed E-state index contributed by atoms with van der Waals surface area (Å²) < 4.78 is 25.1. The minimum absolute atomic E-state index is 0.169. The second kappa shape index (κ2) is 12.1. The van der Waals surface area contributed by atoms with Crippen molar-refractivity contribution in [2.45, 2.75) is 34.8 Å². The van der Waals surface area contributed by atoms with Crippen molar-refractivity contribution in [2.24, 2.45) is 0 Å². The summed E-state index contributed by atoms with van der Waals surface area (Å²) in [5.74, 6) is 0.296. The number of fused-ring (bicyclic) bond motifs is 4. The van der Waals surface area contributed by atoms with E-state index < -0.39 is 17.2 Å². The van der Waals surface area contributed by atoms with Crippen LogP contribution in [-0.4, -0.2) is 18.4 Å². The van der Waals surface area contributed by atoms with Crippen LogP contribution in [0.25, 0.3) is 11.1 Å². The van der Waals surface area contributed by atoms with Crippen LogP contribution in [0.15, 0.2) is 165 Å². The number of benzene rings is 4. The Labute approximate surface area is 294 Å². The highest BCUT2D eigenvalue weighted by Gasteiger charge is 2.51. The van der Waals surface area contributed by atoms with Crippen LogP contribution in [0.1, 0.15) is 63.5 Å². The van der Waals surface area contributed by atoms with Gasteiger partial charge < -0.3 is 18.3 Å². The van der Waals surface area contributed by atoms with Gasteiger partial charge in [0.25, 0.3) is 0 Å². The maximum absolute atomic E-state index is 14.3.